The Morgan fingerprint density at radius 1 is 1.50 bits per heavy atom. The molecule has 0 unspecified atom stereocenters. The first kappa shape index (κ1) is 12.4. The van der Waals surface area contributed by atoms with Crippen molar-refractivity contribution in [2.24, 2.45) is 0 Å². The Morgan fingerprint density at radius 3 is 3.00 bits per heavy atom. The van der Waals surface area contributed by atoms with Crippen molar-refractivity contribution in [2.75, 3.05) is 25.4 Å². The second-order valence-electron chi connectivity index (χ2n) is 4.35. The van der Waals surface area contributed by atoms with Gasteiger partial charge in [-0.3, -0.25) is 9.59 Å². The SMILES string of the molecule is CCNC(=O)CN1CCc2ccc(N)cc2C1=O. The van der Waals surface area contributed by atoms with E-state index < -0.39 is 0 Å². The number of amides is 2. The molecule has 0 saturated carbocycles. The zero-order valence-electron chi connectivity index (χ0n) is 10.4. The quantitative estimate of drug-likeness (QED) is 0.759. The molecular formula is C13H17N3O2. The molecule has 1 heterocycles. The maximum Gasteiger partial charge on any atom is 0.254 e. The largest absolute Gasteiger partial charge is 0.399 e. The number of carbonyl (C=O) groups is 2. The van der Waals surface area contributed by atoms with Gasteiger partial charge in [0, 0.05) is 24.3 Å². The highest BCUT2D eigenvalue weighted by molar-refractivity contribution is 5.99. The number of nitrogens with one attached hydrogen (secondary N) is 1. The molecule has 18 heavy (non-hydrogen) atoms. The van der Waals surface area contributed by atoms with Crippen LogP contribution in [0.2, 0.25) is 0 Å². The van der Waals surface area contributed by atoms with Gasteiger partial charge < -0.3 is 16.0 Å². The number of nitrogen functional groups attached to an aromatic ring is 1. The Labute approximate surface area is 106 Å². The molecule has 1 aliphatic rings. The predicted octanol–water partition coefficient (Wildman–Crippen LogP) is 0.403. The van der Waals surface area contributed by atoms with Crippen LogP contribution in [-0.4, -0.2) is 36.3 Å². The monoisotopic (exact) mass is 247 g/mol. The first-order chi connectivity index (χ1) is 8.61. The zero-order valence-corrected chi connectivity index (χ0v) is 10.4. The van der Waals surface area contributed by atoms with E-state index in [1.54, 1.807) is 17.0 Å². The van der Waals surface area contributed by atoms with Gasteiger partial charge in [0.2, 0.25) is 5.91 Å². The summed E-state index contributed by atoms with van der Waals surface area (Å²) in [6, 6.07) is 5.36. The highest BCUT2D eigenvalue weighted by atomic mass is 16.2. The van der Waals surface area contributed by atoms with Crippen LogP contribution in [0.4, 0.5) is 5.69 Å². The van der Waals surface area contributed by atoms with Crippen LogP contribution in [0.25, 0.3) is 0 Å². The van der Waals surface area contributed by atoms with Crippen molar-refractivity contribution in [3.05, 3.63) is 29.3 Å². The highest BCUT2D eigenvalue weighted by Crippen LogP contribution is 2.21. The van der Waals surface area contributed by atoms with Gasteiger partial charge in [-0.2, -0.15) is 0 Å². The first-order valence-corrected chi connectivity index (χ1v) is 6.06. The summed E-state index contributed by atoms with van der Waals surface area (Å²) < 4.78 is 0. The summed E-state index contributed by atoms with van der Waals surface area (Å²) in [5.41, 5.74) is 7.88. The molecule has 1 aromatic rings. The Kier molecular flexibility index (Phi) is 3.50. The fraction of sp³-hybridized carbons (Fsp3) is 0.385. The minimum atomic E-state index is -0.127. The topological polar surface area (TPSA) is 75.4 Å². The van der Waals surface area contributed by atoms with Crippen LogP contribution in [0.5, 0.6) is 0 Å². The summed E-state index contributed by atoms with van der Waals surface area (Å²) in [6.07, 6.45) is 0.765. The van der Waals surface area contributed by atoms with E-state index in [1.807, 2.05) is 13.0 Å². The molecule has 3 N–H and O–H groups in total. The third kappa shape index (κ3) is 2.45. The van der Waals surface area contributed by atoms with Crippen molar-refractivity contribution in [3.63, 3.8) is 0 Å². The summed E-state index contributed by atoms with van der Waals surface area (Å²) in [6.45, 7) is 3.12. The van der Waals surface area contributed by atoms with Crippen molar-refractivity contribution in [1.82, 2.24) is 10.2 Å². The Bertz CT molecular complexity index is 485. The van der Waals surface area contributed by atoms with E-state index in [1.165, 1.54) is 0 Å². The summed E-state index contributed by atoms with van der Waals surface area (Å²) in [4.78, 5) is 25.3. The summed E-state index contributed by atoms with van der Waals surface area (Å²) in [7, 11) is 0. The average molecular weight is 247 g/mol. The maximum atomic E-state index is 12.2. The number of benzene rings is 1. The maximum absolute atomic E-state index is 12.2. The molecule has 2 rings (SSSR count). The van der Waals surface area contributed by atoms with Crippen LogP contribution in [0.1, 0.15) is 22.8 Å². The smallest absolute Gasteiger partial charge is 0.254 e. The number of fused-ring (bicyclic) bond motifs is 1. The minimum Gasteiger partial charge on any atom is -0.399 e. The number of hydrogen-bond donors (Lipinski definition) is 2. The van der Waals surface area contributed by atoms with Crippen molar-refractivity contribution in [3.8, 4) is 0 Å². The Morgan fingerprint density at radius 2 is 2.28 bits per heavy atom. The van der Waals surface area contributed by atoms with Crippen molar-refractivity contribution < 1.29 is 9.59 Å². The summed E-state index contributed by atoms with van der Waals surface area (Å²) in [5.74, 6) is -0.243. The lowest BCUT2D eigenvalue weighted by molar-refractivity contribution is -0.121. The number of hydrogen-bond acceptors (Lipinski definition) is 3. The second-order valence-corrected chi connectivity index (χ2v) is 4.35. The molecule has 0 bridgehead atoms. The highest BCUT2D eigenvalue weighted by Gasteiger charge is 2.25. The number of carbonyl (C=O) groups excluding carboxylic acids is 2. The molecule has 0 spiro atoms. The second kappa shape index (κ2) is 5.08. The van der Waals surface area contributed by atoms with Crippen molar-refractivity contribution in [1.29, 1.82) is 0 Å². The predicted molar refractivity (Wildman–Crippen MR) is 69.1 cm³/mol. The van der Waals surface area contributed by atoms with Gasteiger partial charge in [0.25, 0.3) is 5.91 Å². The number of likely N-dealkylation sites (N-methyl/N-ethyl adjacent to an activating group) is 1. The van der Waals surface area contributed by atoms with E-state index in [4.69, 9.17) is 5.73 Å². The summed E-state index contributed by atoms with van der Waals surface area (Å²) >= 11 is 0. The van der Waals surface area contributed by atoms with Gasteiger partial charge in [-0.1, -0.05) is 6.07 Å². The number of rotatable bonds is 3. The molecule has 0 aromatic heterocycles. The van der Waals surface area contributed by atoms with Crippen LogP contribution >= 0.6 is 0 Å². The lowest BCUT2D eigenvalue weighted by atomic mass is 9.98. The standard InChI is InChI=1S/C13H17N3O2/c1-2-15-12(17)8-16-6-5-9-3-4-10(14)7-11(9)13(16)18/h3-4,7H,2,5-6,8,14H2,1H3,(H,15,17). The molecular weight excluding hydrogens is 230 g/mol. The minimum absolute atomic E-state index is 0.112. The van der Waals surface area contributed by atoms with Crippen molar-refractivity contribution in [2.45, 2.75) is 13.3 Å². The van der Waals surface area contributed by atoms with E-state index in [2.05, 4.69) is 5.32 Å². The number of nitrogens with zero attached hydrogens (tertiary/aromatic N) is 1. The van der Waals surface area contributed by atoms with E-state index in [0.717, 1.165) is 12.0 Å². The molecule has 2 amide bonds. The van der Waals surface area contributed by atoms with Crippen LogP contribution in [0, 0.1) is 0 Å². The molecule has 0 radical (unpaired) electrons. The number of anilines is 1. The Hall–Kier alpha value is -2.04. The van der Waals surface area contributed by atoms with Crippen LogP contribution in [0.3, 0.4) is 0 Å². The van der Waals surface area contributed by atoms with E-state index >= 15 is 0 Å². The zero-order chi connectivity index (χ0) is 13.1. The van der Waals surface area contributed by atoms with Gasteiger partial charge in [-0.05, 0) is 31.0 Å². The van der Waals surface area contributed by atoms with Crippen LogP contribution in [0.15, 0.2) is 18.2 Å². The molecule has 5 nitrogen and oxygen atoms in total. The van der Waals surface area contributed by atoms with Gasteiger partial charge in [0.15, 0.2) is 0 Å². The van der Waals surface area contributed by atoms with E-state index in [9.17, 15) is 9.59 Å². The van der Waals surface area contributed by atoms with Gasteiger partial charge in [0.1, 0.15) is 0 Å². The lowest BCUT2D eigenvalue weighted by Crippen LogP contribution is -2.44. The average Bonchev–Trinajstić information content (AvgIpc) is 2.34. The van der Waals surface area contributed by atoms with E-state index in [0.29, 0.717) is 24.3 Å². The Balaban J connectivity index is 2.15. The van der Waals surface area contributed by atoms with E-state index in [-0.39, 0.29) is 18.4 Å². The fourth-order valence-corrected chi connectivity index (χ4v) is 2.12. The fourth-order valence-electron chi connectivity index (χ4n) is 2.12. The third-order valence-corrected chi connectivity index (χ3v) is 3.01. The van der Waals surface area contributed by atoms with Crippen LogP contribution in [-0.2, 0) is 11.2 Å². The normalized spacial score (nSPS) is 14.3. The molecule has 0 aliphatic carbocycles. The third-order valence-electron chi connectivity index (χ3n) is 3.01. The molecule has 1 aromatic carbocycles. The number of nitrogens with two attached hydrogens (primary N) is 1. The molecule has 0 fully saturated rings. The van der Waals surface area contributed by atoms with Gasteiger partial charge in [-0.25, -0.2) is 0 Å². The molecule has 0 atom stereocenters. The van der Waals surface area contributed by atoms with Gasteiger partial charge in [0.05, 0.1) is 6.54 Å². The molecule has 1 aliphatic heterocycles. The van der Waals surface area contributed by atoms with Crippen LogP contribution < -0.4 is 11.1 Å². The van der Waals surface area contributed by atoms with Gasteiger partial charge >= 0.3 is 0 Å². The van der Waals surface area contributed by atoms with Gasteiger partial charge in [-0.15, -0.1) is 0 Å². The molecule has 96 valence electrons. The first-order valence-electron chi connectivity index (χ1n) is 6.06. The summed E-state index contributed by atoms with van der Waals surface area (Å²) in [5, 5.41) is 2.69. The molecule has 0 saturated heterocycles. The molecule has 5 heteroatoms. The van der Waals surface area contributed by atoms with Crippen molar-refractivity contribution >= 4 is 17.5 Å². The lowest BCUT2D eigenvalue weighted by Gasteiger charge is -2.28.